The maximum absolute atomic E-state index is 12.1. The predicted octanol–water partition coefficient (Wildman–Crippen LogP) is 2.45. The number of aryl methyl sites for hydroxylation is 1. The molecule has 0 aliphatic heterocycles. The Balaban J connectivity index is 2.47. The van der Waals surface area contributed by atoms with Crippen molar-refractivity contribution in [2.75, 3.05) is 5.75 Å². The van der Waals surface area contributed by atoms with Gasteiger partial charge in [-0.15, -0.1) is 0 Å². The second kappa shape index (κ2) is 6.34. The molecule has 0 atom stereocenters. The first kappa shape index (κ1) is 16.3. The Labute approximate surface area is 133 Å². The average Bonchev–Trinajstić information content (AvgIpc) is 2.44. The number of thioether (sulfide) groups is 1. The van der Waals surface area contributed by atoms with Crippen molar-refractivity contribution < 1.29 is 0 Å². The van der Waals surface area contributed by atoms with Crippen molar-refractivity contribution in [3.05, 3.63) is 45.7 Å². The molecule has 22 heavy (non-hydrogen) atoms. The Bertz CT molecular complexity index is 767. The standard InChI is InChI=1S/C16H18N4OS/c1-10-4-6-11(7-5-10)13-12(8-17)14(21)20-15(19-13)22-9-16(2,3)18/h4-7H,9,18H2,1-3H3,(H,19,20,21). The third-order valence-electron chi connectivity index (χ3n) is 2.92. The largest absolute Gasteiger partial charge is 0.325 e. The van der Waals surface area contributed by atoms with E-state index in [4.69, 9.17) is 5.73 Å². The number of nitrogens with two attached hydrogens (primary N) is 1. The van der Waals surface area contributed by atoms with Crippen molar-refractivity contribution in [2.45, 2.75) is 31.5 Å². The first-order chi connectivity index (χ1) is 10.3. The minimum absolute atomic E-state index is 0.0280. The van der Waals surface area contributed by atoms with Gasteiger partial charge in [-0.1, -0.05) is 41.6 Å². The molecular weight excluding hydrogens is 296 g/mol. The summed E-state index contributed by atoms with van der Waals surface area (Å²) in [5.74, 6) is 0.606. The average molecular weight is 314 g/mol. The number of nitrogens with zero attached hydrogens (tertiary/aromatic N) is 2. The fourth-order valence-corrected chi connectivity index (χ4v) is 2.63. The summed E-state index contributed by atoms with van der Waals surface area (Å²) in [6.07, 6.45) is 0. The molecule has 0 aliphatic rings. The van der Waals surface area contributed by atoms with Gasteiger partial charge in [0.2, 0.25) is 0 Å². The SMILES string of the molecule is Cc1ccc(-c2nc(SCC(C)(C)N)[nH]c(=O)c2C#N)cc1. The number of benzene rings is 1. The normalized spacial score (nSPS) is 11.2. The molecule has 6 heteroatoms. The van der Waals surface area contributed by atoms with Crippen LogP contribution in [0.2, 0.25) is 0 Å². The van der Waals surface area contributed by atoms with E-state index < -0.39 is 5.56 Å². The van der Waals surface area contributed by atoms with Crippen molar-refractivity contribution >= 4 is 11.8 Å². The van der Waals surface area contributed by atoms with E-state index in [1.54, 1.807) is 0 Å². The molecule has 0 unspecified atom stereocenters. The van der Waals surface area contributed by atoms with Crippen LogP contribution in [0, 0.1) is 18.3 Å². The molecule has 0 spiro atoms. The van der Waals surface area contributed by atoms with Crippen LogP contribution in [0.3, 0.4) is 0 Å². The summed E-state index contributed by atoms with van der Waals surface area (Å²) < 4.78 is 0. The molecule has 0 amide bonds. The quantitative estimate of drug-likeness (QED) is 0.667. The highest BCUT2D eigenvalue weighted by atomic mass is 32.2. The molecule has 5 nitrogen and oxygen atoms in total. The third-order valence-corrected chi connectivity index (χ3v) is 4.27. The molecule has 0 saturated heterocycles. The van der Waals surface area contributed by atoms with Gasteiger partial charge < -0.3 is 10.7 Å². The van der Waals surface area contributed by atoms with Crippen molar-refractivity contribution in [1.82, 2.24) is 9.97 Å². The Hall–Kier alpha value is -2.10. The molecule has 1 aromatic carbocycles. The number of nitriles is 1. The minimum atomic E-state index is -0.426. The van der Waals surface area contributed by atoms with Gasteiger partial charge in [-0.3, -0.25) is 4.79 Å². The summed E-state index contributed by atoms with van der Waals surface area (Å²) in [5, 5.41) is 9.70. The zero-order valence-electron chi connectivity index (χ0n) is 12.8. The Morgan fingerprint density at radius 3 is 2.55 bits per heavy atom. The number of hydrogen-bond donors (Lipinski definition) is 2. The Morgan fingerprint density at radius 2 is 2.00 bits per heavy atom. The van der Waals surface area contributed by atoms with Gasteiger partial charge in [0.05, 0.1) is 5.69 Å². The molecule has 0 radical (unpaired) electrons. The van der Waals surface area contributed by atoms with E-state index in [-0.39, 0.29) is 11.1 Å². The molecule has 2 rings (SSSR count). The molecular formula is C16H18N4OS. The van der Waals surface area contributed by atoms with Gasteiger partial charge in [-0.2, -0.15) is 5.26 Å². The van der Waals surface area contributed by atoms with Gasteiger partial charge in [0.25, 0.3) is 5.56 Å². The van der Waals surface area contributed by atoms with Gasteiger partial charge in [-0.05, 0) is 20.8 Å². The fraction of sp³-hybridized carbons (Fsp3) is 0.312. The number of hydrogen-bond acceptors (Lipinski definition) is 5. The lowest BCUT2D eigenvalue weighted by atomic mass is 10.1. The van der Waals surface area contributed by atoms with E-state index >= 15 is 0 Å². The Kier molecular flexibility index (Phi) is 4.69. The highest BCUT2D eigenvalue weighted by Crippen LogP contribution is 2.23. The van der Waals surface area contributed by atoms with Crippen LogP contribution >= 0.6 is 11.8 Å². The molecule has 0 saturated carbocycles. The summed E-state index contributed by atoms with van der Waals surface area (Å²) >= 11 is 1.37. The lowest BCUT2D eigenvalue weighted by molar-refractivity contribution is 0.590. The van der Waals surface area contributed by atoms with Crippen molar-refractivity contribution in [1.29, 1.82) is 5.26 Å². The molecule has 2 aromatic rings. The summed E-state index contributed by atoms with van der Waals surface area (Å²) in [6, 6.07) is 9.51. The van der Waals surface area contributed by atoms with E-state index in [2.05, 4.69) is 9.97 Å². The number of aromatic nitrogens is 2. The minimum Gasteiger partial charge on any atom is -0.325 e. The first-order valence-electron chi connectivity index (χ1n) is 6.83. The predicted molar refractivity (Wildman–Crippen MR) is 88.7 cm³/mol. The second-order valence-electron chi connectivity index (χ2n) is 5.85. The third kappa shape index (κ3) is 3.97. The van der Waals surface area contributed by atoms with Crippen LogP contribution in [-0.2, 0) is 0 Å². The molecule has 1 heterocycles. The lowest BCUT2D eigenvalue weighted by Gasteiger charge is -2.17. The van der Waals surface area contributed by atoms with Gasteiger partial charge in [0.1, 0.15) is 11.6 Å². The summed E-state index contributed by atoms with van der Waals surface area (Å²) in [4.78, 5) is 19.2. The van der Waals surface area contributed by atoms with Gasteiger partial charge in [-0.25, -0.2) is 4.98 Å². The van der Waals surface area contributed by atoms with E-state index in [0.29, 0.717) is 16.6 Å². The second-order valence-corrected chi connectivity index (χ2v) is 6.81. The lowest BCUT2D eigenvalue weighted by Crippen LogP contribution is -2.34. The van der Waals surface area contributed by atoms with Crippen LogP contribution in [0.15, 0.2) is 34.2 Å². The maximum Gasteiger partial charge on any atom is 0.270 e. The van der Waals surface area contributed by atoms with Gasteiger partial charge >= 0.3 is 0 Å². The van der Waals surface area contributed by atoms with Crippen LogP contribution in [0.25, 0.3) is 11.3 Å². The maximum atomic E-state index is 12.1. The van der Waals surface area contributed by atoms with Crippen LogP contribution in [0.1, 0.15) is 25.0 Å². The smallest absolute Gasteiger partial charge is 0.270 e. The van der Waals surface area contributed by atoms with E-state index in [1.165, 1.54) is 11.8 Å². The zero-order chi connectivity index (χ0) is 16.3. The van der Waals surface area contributed by atoms with Crippen LogP contribution < -0.4 is 11.3 Å². The fourth-order valence-electron chi connectivity index (χ4n) is 1.80. The highest BCUT2D eigenvalue weighted by Gasteiger charge is 2.16. The molecule has 3 N–H and O–H groups in total. The Morgan fingerprint density at radius 1 is 1.36 bits per heavy atom. The van der Waals surface area contributed by atoms with Crippen LogP contribution in [-0.4, -0.2) is 21.3 Å². The van der Waals surface area contributed by atoms with E-state index in [1.807, 2.05) is 51.1 Å². The van der Waals surface area contributed by atoms with E-state index in [0.717, 1.165) is 11.1 Å². The topological polar surface area (TPSA) is 95.6 Å². The van der Waals surface area contributed by atoms with Crippen molar-refractivity contribution in [3.8, 4) is 17.3 Å². The molecule has 0 fully saturated rings. The van der Waals surface area contributed by atoms with E-state index in [9.17, 15) is 10.1 Å². The zero-order valence-corrected chi connectivity index (χ0v) is 13.6. The summed E-state index contributed by atoms with van der Waals surface area (Å²) in [6.45, 7) is 5.79. The number of rotatable bonds is 4. The van der Waals surface area contributed by atoms with Crippen LogP contribution in [0.5, 0.6) is 0 Å². The van der Waals surface area contributed by atoms with Crippen LogP contribution in [0.4, 0.5) is 0 Å². The number of H-pyrrole nitrogens is 1. The molecule has 0 bridgehead atoms. The summed E-state index contributed by atoms with van der Waals surface area (Å²) in [7, 11) is 0. The molecule has 1 aromatic heterocycles. The van der Waals surface area contributed by atoms with Crippen molar-refractivity contribution in [3.63, 3.8) is 0 Å². The first-order valence-corrected chi connectivity index (χ1v) is 7.82. The van der Waals surface area contributed by atoms with Gasteiger partial charge in [0, 0.05) is 16.9 Å². The molecule has 0 aliphatic carbocycles. The number of nitrogens with one attached hydrogen (secondary N) is 1. The van der Waals surface area contributed by atoms with Gasteiger partial charge in [0.15, 0.2) is 5.16 Å². The van der Waals surface area contributed by atoms with Crippen molar-refractivity contribution in [2.24, 2.45) is 5.73 Å². The summed E-state index contributed by atoms with van der Waals surface area (Å²) in [5.41, 5.74) is 7.44. The molecule has 114 valence electrons. The monoisotopic (exact) mass is 314 g/mol. The number of aromatic amines is 1. The highest BCUT2D eigenvalue weighted by molar-refractivity contribution is 7.99.